The van der Waals surface area contributed by atoms with Crippen LogP contribution >= 0.6 is 24.0 Å². The van der Waals surface area contributed by atoms with Crippen LogP contribution < -0.4 is 5.32 Å². The minimum atomic E-state index is -0.178. The van der Waals surface area contributed by atoms with E-state index in [2.05, 4.69) is 10.3 Å². The number of nitrogens with one attached hydrogen (secondary N) is 1. The van der Waals surface area contributed by atoms with Gasteiger partial charge in [0.2, 0.25) is 11.7 Å². The van der Waals surface area contributed by atoms with Crippen LogP contribution in [0.5, 0.6) is 0 Å². The number of aryl methyl sites for hydroxylation is 1. The molecule has 0 aliphatic heterocycles. The molecule has 0 aliphatic rings. The van der Waals surface area contributed by atoms with Crippen molar-refractivity contribution in [3.63, 3.8) is 0 Å². The van der Waals surface area contributed by atoms with Crippen LogP contribution in [0.1, 0.15) is 12.2 Å². The van der Waals surface area contributed by atoms with E-state index < -0.39 is 0 Å². The third-order valence-corrected chi connectivity index (χ3v) is 2.08. The molecule has 1 heterocycles. The number of carbonyl (C=O) groups excluding carboxylic acids is 1. The Kier molecular flexibility index (Phi) is 7.34. The van der Waals surface area contributed by atoms with Crippen LogP contribution in [0.4, 0.5) is 0 Å². The molecule has 88 valence electrons. The Balaban J connectivity index is 0.00000225. The van der Waals surface area contributed by atoms with Crippen LogP contribution in [-0.4, -0.2) is 27.9 Å². The van der Waals surface area contributed by atoms with Gasteiger partial charge in [-0.3, -0.25) is 4.79 Å². The monoisotopic (exact) mass is 262 g/mol. The van der Waals surface area contributed by atoms with Crippen LogP contribution in [0.3, 0.4) is 0 Å². The fourth-order valence-corrected chi connectivity index (χ4v) is 1.22. The Morgan fingerprint density at radius 2 is 2.44 bits per heavy atom. The maximum atomic E-state index is 10.8. The van der Waals surface area contributed by atoms with E-state index >= 15 is 0 Å². The van der Waals surface area contributed by atoms with Crippen molar-refractivity contribution in [1.82, 2.24) is 14.9 Å². The van der Waals surface area contributed by atoms with Crippen LogP contribution in [0.2, 0.25) is 0 Å². The lowest BCUT2D eigenvalue weighted by Gasteiger charge is -2.04. The molecule has 0 fully saturated rings. The summed E-state index contributed by atoms with van der Waals surface area (Å²) in [7, 11) is 0. The third-order valence-electron chi connectivity index (χ3n) is 1.83. The van der Waals surface area contributed by atoms with E-state index in [1.807, 2.05) is 6.07 Å². The lowest BCUT2D eigenvalue weighted by Crippen LogP contribution is -2.26. The van der Waals surface area contributed by atoms with Crippen LogP contribution in [0.15, 0.2) is 12.4 Å². The highest BCUT2D eigenvalue weighted by Gasteiger charge is 2.01. The average molecular weight is 263 g/mol. The second-order valence-corrected chi connectivity index (χ2v) is 3.16. The minimum absolute atomic E-state index is 0. The number of imidazole rings is 1. The summed E-state index contributed by atoms with van der Waals surface area (Å²) in [5.74, 6) is 0.190. The Morgan fingerprint density at radius 3 is 3.06 bits per heavy atom. The van der Waals surface area contributed by atoms with Crippen molar-refractivity contribution in [3.05, 3.63) is 18.2 Å². The molecule has 0 spiro atoms. The fraction of sp³-hybridized carbons (Fsp3) is 0.444. The lowest BCUT2D eigenvalue weighted by molar-refractivity contribution is -0.118. The normalized spacial score (nSPS) is 9.00. The largest absolute Gasteiger partial charge is 0.355 e. The highest BCUT2D eigenvalue weighted by atomic mass is 35.5. The number of amides is 1. The Hall–Kier alpha value is -1.25. The average Bonchev–Trinajstić information content (AvgIpc) is 2.71. The van der Waals surface area contributed by atoms with Crippen molar-refractivity contribution >= 4 is 29.9 Å². The maximum Gasteiger partial charge on any atom is 0.234 e. The van der Waals surface area contributed by atoms with Crippen LogP contribution in [-0.2, 0) is 11.3 Å². The predicted molar refractivity (Wildman–Crippen MR) is 62.5 cm³/mol. The maximum absolute atomic E-state index is 10.8. The van der Waals surface area contributed by atoms with Crippen molar-refractivity contribution in [2.45, 2.75) is 13.0 Å². The molecule has 1 aromatic heterocycles. The van der Waals surface area contributed by atoms with Gasteiger partial charge >= 0.3 is 0 Å². The fourth-order valence-electron chi connectivity index (χ4n) is 1.13. The van der Waals surface area contributed by atoms with Gasteiger partial charge in [-0.05, 0) is 6.42 Å². The number of hydrogen-bond acceptors (Lipinski definition) is 3. The molecule has 5 nitrogen and oxygen atoms in total. The van der Waals surface area contributed by atoms with E-state index in [-0.39, 0.29) is 24.2 Å². The number of hydrogen-bond donors (Lipinski definition) is 1. The van der Waals surface area contributed by atoms with Gasteiger partial charge in [-0.2, -0.15) is 5.26 Å². The summed E-state index contributed by atoms with van der Waals surface area (Å²) < 4.78 is 1.74. The molecule has 1 amide bonds. The van der Waals surface area contributed by atoms with E-state index in [0.717, 1.165) is 6.42 Å². The summed E-state index contributed by atoms with van der Waals surface area (Å²) in [4.78, 5) is 14.6. The molecule has 0 unspecified atom stereocenters. The van der Waals surface area contributed by atoms with Gasteiger partial charge in [0.1, 0.15) is 11.9 Å². The summed E-state index contributed by atoms with van der Waals surface area (Å²) in [6.45, 7) is 1.21. The van der Waals surface area contributed by atoms with E-state index in [0.29, 0.717) is 18.9 Å². The Labute approximate surface area is 105 Å². The van der Waals surface area contributed by atoms with Gasteiger partial charge in [0.25, 0.3) is 0 Å². The van der Waals surface area contributed by atoms with Crippen molar-refractivity contribution in [2.24, 2.45) is 0 Å². The molecular formula is C9H12Cl2N4O. The highest BCUT2D eigenvalue weighted by Crippen LogP contribution is 1.96. The first-order valence-corrected chi connectivity index (χ1v) is 5.05. The van der Waals surface area contributed by atoms with Gasteiger partial charge in [0.15, 0.2) is 0 Å². The molecule has 0 aliphatic carbocycles. The highest BCUT2D eigenvalue weighted by molar-refractivity contribution is 6.27. The van der Waals surface area contributed by atoms with Crippen LogP contribution in [0.25, 0.3) is 0 Å². The molecule has 0 aromatic carbocycles. The van der Waals surface area contributed by atoms with Crippen molar-refractivity contribution in [1.29, 1.82) is 5.26 Å². The number of aromatic nitrogens is 2. The van der Waals surface area contributed by atoms with Gasteiger partial charge in [-0.25, -0.2) is 4.98 Å². The molecule has 1 rings (SSSR count). The van der Waals surface area contributed by atoms with Gasteiger partial charge in [-0.1, -0.05) is 0 Å². The molecule has 1 N–H and O–H groups in total. The Bertz CT molecular complexity index is 372. The minimum Gasteiger partial charge on any atom is -0.355 e. The molecule has 0 saturated heterocycles. The lowest BCUT2D eigenvalue weighted by atomic mass is 10.4. The van der Waals surface area contributed by atoms with Gasteiger partial charge in [0.05, 0.1) is 0 Å². The topological polar surface area (TPSA) is 70.7 Å². The summed E-state index contributed by atoms with van der Waals surface area (Å²) in [6.07, 6.45) is 4.06. The first-order chi connectivity index (χ1) is 7.27. The molecule has 0 atom stereocenters. The summed E-state index contributed by atoms with van der Waals surface area (Å²) in [5.41, 5.74) is 0. The molecule has 7 heteroatoms. The second-order valence-electron chi connectivity index (χ2n) is 2.89. The third kappa shape index (κ3) is 4.51. The van der Waals surface area contributed by atoms with Crippen molar-refractivity contribution in [2.75, 3.05) is 12.4 Å². The molecule has 0 saturated carbocycles. The standard InChI is InChI=1S/C9H11ClN4O.ClH/c10-6-9(15)13-2-1-4-14-5-3-12-8(14)7-11;/h3,5H,1-2,4,6H2,(H,13,15);1H. The summed E-state index contributed by atoms with van der Waals surface area (Å²) >= 11 is 5.31. The zero-order valence-corrected chi connectivity index (χ0v) is 10.1. The number of carbonyl (C=O) groups is 1. The van der Waals surface area contributed by atoms with E-state index in [4.69, 9.17) is 16.9 Å². The molecule has 16 heavy (non-hydrogen) atoms. The number of nitrogens with zero attached hydrogens (tertiary/aromatic N) is 3. The first-order valence-electron chi connectivity index (χ1n) is 4.52. The zero-order valence-electron chi connectivity index (χ0n) is 8.52. The van der Waals surface area contributed by atoms with Crippen LogP contribution in [0, 0.1) is 11.3 Å². The number of halogens is 2. The van der Waals surface area contributed by atoms with Crippen molar-refractivity contribution < 1.29 is 4.79 Å². The quantitative estimate of drug-likeness (QED) is 0.634. The smallest absolute Gasteiger partial charge is 0.234 e. The van der Waals surface area contributed by atoms with E-state index in [9.17, 15) is 4.79 Å². The van der Waals surface area contributed by atoms with Gasteiger partial charge in [-0.15, -0.1) is 24.0 Å². The number of rotatable bonds is 5. The summed E-state index contributed by atoms with van der Waals surface area (Å²) in [5, 5.41) is 11.3. The van der Waals surface area contributed by atoms with Gasteiger partial charge in [0, 0.05) is 25.5 Å². The molecule has 0 radical (unpaired) electrons. The number of nitriles is 1. The molecule has 0 bridgehead atoms. The number of alkyl halides is 1. The molecular weight excluding hydrogens is 251 g/mol. The van der Waals surface area contributed by atoms with E-state index in [1.165, 1.54) is 0 Å². The van der Waals surface area contributed by atoms with E-state index in [1.54, 1.807) is 17.0 Å². The Morgan fingerprint density at radius 1 is 1.69 bits per heavy atom. The SMILES string of the molecule is Cl.N#Cc1nccn1CCCNC(=O)CCl. The summed E-state index contributed by atoms with van der Waals surface area (Å²) in [6, 6.07) is 1.98. The van der Waals surface area contributed by atoms with Crippen molar-refractivity contribution in [3.8, 4) is 6.07 Å². The molecule has 1 aromatic rings. The van der Waals surface area contributed by atoms with Gasteiger partial charge < -0.3 is 9.88 Å². The second kappa shape index (κ2) is 7.97. The zero-order chi connectivity index (χ0) is 11.1. The predicted octanol–water partition coefficient (Wildman–Crippen LogP) is 0.922. The first kappa shape index (κ1) is 14.8.